The van der Waals surface area contributed by atoms with Crippen LogP contribution in [0.25, 0.3) is 0 Å². The molecule has 0 atom stereocenters. The summed E-state index contributed by atoms with van der Waals surface area (Å²) in [6.07, 6.45) is 0. The monoisotopic (exact) mass is 273 g/mol. The number of aromatic carboxylic acids is 1. The predicted molar refractivity (Wildman–Crippen MR) is 70.8 cm³/mol. The van der Waals surface area contributed by atoms with Gasteiger partial charge < -0.3 is 14.6 Å². The number of carboxylic acids is 1. The van der Waals surface area contributed by atoms with Crippen LogP contribution >= 0.6 is 0 Å². The van der Waals surface area contributed by atoms with Crippen molar-refractivity contribution in [1.82, 2.24) is 0 Å². The Kier molecular flexibility index (Phi) is 3.74. The fraction of sp³-hybridized carbons (Fsp3) is 0.188. The number of carbonyl (C=O) groups is 1. The van der Waals surface area contributed by atoms with E-state index in [4.69, 9.17) is 4.74 Å². The van der Waals surface area contributed by atoms with Crippen LogP contribution in [0.2, 0.25) is 0 Å². The van der Waals surface area contributed by atoms with Crippen molar-refractivity contribution in [3.05, 3.63) is 65.5 Å². The molecular weight excluding hydrogens is 259 g/mol. The lowest BCUT2D eigenvalue weighted by molar-refractivity contribution is -0.255. The van der Waals surface area contributed by atoms with E-state index >= 15 is 0 Å². The van der Waals surface area contributed by atoms with Gasteiger partial charge in [0, 0.05) is 5.56 Å². The van der Waals surface area contributed by atoms with Gasteiger partial charge in [0.2, 0.25) is 0 Å². The third kappa shape index (κ3) is 2.96. The van der Waals surface area contributed by atoms with E-state index in [0.717, 1.165) is 23.8 Å². The molecule has 0 unspecified atom stereocenters. The highest BCUT2D eigenvalue weighted by Crippen LogP contribution is 2.29. The smallest absolute Gasteiger partial charge is 0.165 e. The van der Waals surface area contributed by atoms with Crippen LogP contribution in [0.5, 0.6) is 5.75 Å². The lowest BCUT2D eigenvalue weighted by Gasteiger charge is -2.27. The summed E-state index contributed by atoms with van der Waals surface area (Å²) < 4.78 is 19.4. The lowest BCUT2D eigenvalue weighted by Crippen LogP contribution is -2.26. The van der Waals surface area contributed by atoms with E-state index < -0.39 is 17.4 Å². The highest BCUT2D eigenvalue weighted by atomic mass is 19.1. The summed E-state index contributed by atoms with van der Waals surface area (Å²) in [4.78, 5) is 10.8. The molecule has 0 N–H and O–H groups in total. The summed E-state index contributed by atoms with van der Waals surface area (Å²) in [5, 5.41) is 10.8. The maximum Gasteiger partial charge on any atom is 0.165 e. The van der Waals surface area contributed by atoms with Crippen LogP contribution in [0, 0.1) is 5.82 Å². The van der Waals surface area contributed by atoms with Crippen LogP contribution in [-0.2, 0) is 5.60 Å². The minimum absolute atomic E-state index is 0.111. The van der Waals surface area contributed by atoms with E-state index in [1.54, 1.807) is 13.8 Å². The van der Waals surface area contributed by atoms with Crippen molar-refractivity contribution in [2.24, 2.45) is 0 Å². The van der Waals surface area contributed by atoms with Crippen molar-refractivity contribution in [2.45, 2.75) is 19.4 Å². The number of halogens is 1. The normalized spacial score (nSPS) is 11.2. The Bertz CT molecular complexity index is 621. The van der Waals surface area contributed by atoms with Gasteiger partial charge in [-0.15, -0.1) is 0 Å². The van der Waals surface area contributed by atoms with Crippen molar-refractivity contribution < 1.29 is 19.0 Å². The van der Waals surface area contributed by atoms with Crippen molar-refractivity contribution in [1.29, 1.82) is 0 Å². The van der Waals surface area contributed by atoms with E-state index in [0.29, 0.717) is 0 Å². The van der Waals surface area contributed by atoms with Gasteiger partial charge in [0.15, 0.2) is 11.6 Å². The van der Waals surface area contributed by atoms with Gasteiger partial charge in [-0.2, -0.15) is 0 Å². The summed E-state index contributed by atoms with van der Waals surface area (Å²) in [7, 11) is 0. The number of hydrogen-bond acceptors (Lipinski definition) is 3. The number of carboxylic acid groups (broad SMARTS) is 1. The first kappa shape index (κ1) is 14.1. The molecule has 2 aromatic rings. The first-order valence-electron chi connectivity index (χ1n) is 6.15. The van der Waals surface area contributed by atoms with E-state index in [2.05, 4.69) is 0 Å². The summed E-state index contributed by atoms with van der Waals surface area (Å²) >= 11 is 0. The molecule has 0 saturated heterocycles. The zero-order valence-electron chi connectivity index (χ0n) is 11.2. The van der Waals surface area contributed by atoms with Crippen molar-refractivity contribution in [3.8, 4) is 5.75 Å². The Morgan fingerprint density at radius 3 is 2.40 bits per heavy atom. The Morgan fingerprint density at radius 1 is 1.15 bits per heavy atom. The first-order valence-corrected chi connectivity index (χ1v) is 6.15. The van der Waals surface area contributed by atoms with Gasteiger partial charge in [-0.05, 0) is 37.6 Å². The maximum atomic E-state index is 13.7. The van der Waals surface area contributed by atoms with E-state index in [1.807, 2.05) is 30.3 Å². The number of ether oxygens (including phenoxy) is 1. The zero-order chi connectivity index (χ0) is 14.8. The molecule has 4 heteroatoms. The van der Waals surface area contributed by atoms with Crippen LogP contribution in [-0.4, -0.2) is 5.97 Å². The molecule has 0 heterocycles. The molecule has 3 nitrogen and oxygen atoms in total. The van der Waals surface area contributed by atoms with Gasteiger partial charge in [0.25, 0.3) is 0 Å². The topological polar surface area (TPSA) is 49.4 Å². The lowest BCUT2D eigenvalue weighted by atomic mass is 9.98. The molecule has 0 aliphatic carbocycles. The number of benzene rings is 2. The second kappa shape index (κ2) is 5.33. The van der Waals surface area contributed by atoms with Crippen molar-refractivity contribution in [3.63, 3.8) is 0 Å². The molecule has 0 saturated carbocycles. The van der Waals surface area contributed by atoms with E-state index in [1.165, 1.54) is 0 Å². The fourth-order valence-electron chi connectivity index (χ4n) is 1.88. The minimum atomic E-state index is -1.37. The van der Waals surface area contributed by atoms with Gasteiger partial charge >= 0.3 is 0 Å². The Hall–Kier alpha value is -2.36. The Labute approximate surface area is 116 Å². The highest BCUT2D eigenvalue weighted by Gasteiger charge is 2.24. The molecule has 0 radical (unpaired) electrons. The number of carbonyl (C=O) groups excluding carboxylic acids is 1. The van der Waals surface area contributed by atoms with Gasteiger partial charge in [-0.25, -0.2) is 4.39 Å². The molecule has 0 aromatic heterocycles. The van der Waals surface area contributed by atoms with Gasteiger partial charge in [-0.1, -0.05) is 30.3 Å². The molecule has 20 heavy (non-hydrogen) atoms. The van der Waals surface area contributed by atoms with Gasteiger partial charge in [0.1, 0.15) is 5.60 Å². The number of hydrogen-bond donors (Lipinski definition) is 0. The van der Waals surface area contributed by atoms with Crippen LogP contribution < -0.4 is 9.84 Å². The molecule has 0 aliphatic rings. The van der Waals surface area contributed by atoms with Crippen LogP contribution in [0.3, 0.4) is 0 Å². The highest BCUT2D eigenvalue weighted by molar-refractivity contribution is 5.86. The van der Waals surface area contributed by atoms with Crippen molar-refractivity contribution in [2.75, 3.05) is 0 Å². The third-order valence-corrected chi connectivity index (χ3v) is 3.00. The van der Waals surface area contributed by atoms with Crippen LogP contribution in [0.4, 0.5) is 4.39 Å². The van der Waals surface area contributed by atoms with E-state index in [-0.39, 0.29) is 11.3 Å². The summed E-state index contributed by atoms with van der Waals surface area (Å²) in [5.41, 5.74) is -0.0457. The van der Waals surface area contributed by atoms with E-state index in [9.17, 15) is 14.3 Å². The zero-order valence-corrected chi connectivity index (χ0v) is 11.2. The van der Waals surface area contributed by atoms with Gasteiger partial charge in [-0.3, -0.25) is 0 Å². The molecule has 2 aromatic carbocycles. The Balaban J connectivity index is 2.34. The quantitative estimate of drug-likeness (QED) is 0.860. The molecule has 0 bridgehead atoms. The summed E-state index contributed by atoms with van der Waals surface area (Å²) in [6.45, 7) is 3.57. The number of rotatable bonds is 4. The molecule has 0 spiro atoms. The minimum Gasteiger partial charge on any atom is -0.545 e. The predicted octanol–water partition coefficient (Wildman–Crippen LogP) is 2.50. The third-order valence-electron chi connectivity index (χ3n) is 3.00. The average Bonchev–Trinajstić information content (AvgIpc) is 2.42. The average molecular weight is 273 g/mol. The second-order valence-electron chi connectivity index (χ2n) is 4.91. The summed E-state index contributed by atoms with van der Waals surface area (Å²) in [6, 6.07) is 12.6. The molecule has 0 amide bonds. The largest absolute Gasteiger partial charge is 0.545 e. The first-order chi connectivity index (χ1) is 9.40. The second-order valence-corrected chi connectivity index (χ2v) is 4.91. The molecular formula is C16H14FO3-. The Morgan fingerprint density at radius 2 is 1.80 bits per heavy atom. The molecule has 0 aliphatic heterocycles. The van der Waals surface area contributed by atoms with Crippen molar-refractivity contribution >= 4 is 5.97 Å². The van der Waals surface area contributed by atoms with Crippen LogP contribution in [0.1, 0.15) is 29.8 Å². The fourth-order valence-corrected chi connectivity index (χ4v) is 1.88. The SMILES string of the molecule is CC(C)(Oc1cc(C(=O)[O-])ccc1F)c1ccccc1. The molecule has 104 valence electrons. The van der Waals surface area contributed by atoms with Gasteiger partial charge in [0.05, 0.1) is 5.97 Å². The summed E-state index contributed by atoms with van der Waals surface area (Å²) in [5.74, 6) is -2.09. The molecule has 2 rings (SSSR count). The van der Waals surface area contributed by atoms with Crippen LogP contribution in [0.15, 0.2) is 48.5 Å². The molecule has 0 fully saturated rings. The standard InChI is InChI=1S/C16H15FO3/c1-16(2,12-6-4-3-5-7-12)20-14-10-11(15(18)19)8-9-13(14)17/h3-10H,1-2H3,(H,18,19)/p-1. The maximum absolute atomic E-state index is 13.7.